The molecule has 0 unspecified atom stereocenters. The molecule has 1 saturated heterocycles. The van der Waals surface area contributed by atoms with Crippen molar-refractivity contribution in [2.45, 2.75) is 25.5 Å². The molecule has 1 fully saturated rings. The third kappa shape index (κ3) is 4.71. The number of nitrogens with one attached hydrogen (secondary N) is 1. The fraction of sp³-hybridized carbons (Fsp3) is 0.350. The zero-order chi connectivity index (χ0) is 18.6. The predicted molar refractivity (Wildman–Crippen MR) is 103 cm³/mol. The lowest BCUT2D eigenvalue weighted by molar-refractivity contribution is -0.120. The van der Waals surface area contributed by atoms with Crippen LogP contribution < -0.4 is 5.32 Å². The molecule has 0 aliphatic carbocycles. The van der Waals surface area contributed by atoms with Gasteiger partial charge in [-0.15, -0.1) is 0 Å². The van der Waals surface area contributed by atoms with Gasteiger partial charge in [0.15, 0.2) is 0 Å². The number of amides is 1. The number of aryl methyl sites for hydroxylation is 1. The Morgan fingerprint density at radius 1 is 1.04 bits per heavy atom. The molecule has 1 N–H and O–H groups in total. The Kier molecular flexibility index (Phi) is 5.74. The lowest BCUT2D eigenvalue weighted by Crippen LogP contribution is -2.41. The van der Waals surface area contributed by atoms with Crippen LogP contribution in [0.15, 0.2) is 54.6 Å². The van der Waals surface area contributed by atoms with Crippen LogP contribution in [-0.4, -0.2) is 31.7 Å². The monoisotopic (exact) mass is 372 g/mol. The fourth-order valence-electron chi connectivity index (χ4n) is 3.15. The van der Waals surface area contributed by atoms with Gasteiger partial charge < -0.3 is 5.32 Å². The van der Waals surface area contributed by atoms with Crippen molar-refractivity contribution in [1.82, 2.24) is 4.31 Å². The molecule has 6 heteroatoms. The van der Waals surface area contributed by atoms with Crippen LogP contribution in [0.1, 0.15) is 24.0 Å². The first-order valence-electron chi connectivity index (χ1n) is 8.83. The highest BCUT2D eigenvalue weighted by atomic mass is 32.2. The number of benzene rings is 2. The molecular weight excluding hydrogens is 348 g/mol. The Balaban J connectivity index is 1.54. The normalized spacial score (nSPS) is 16.3. The number of piperidine rings is 1. The van der Waals surface area contributed by atoms with E-state index in [1.807, 2.05) is 61.5 Å². The SMILES string of the molecule is Cc1ccc(NC(=O)C2CCN(S(=O)(=O)Cc3ccccc3)CC2)cc1. The molecule has 3 rings (SSSR count). The van der Waals surface area contributed by atoms with Crippen LogP contribution in [0.3, 0.4) is 0 Å². The van der Waals surface area contributed by atoms with E-state index in [1.165, 1.54) is 4.31 Å². The molecule has 1 amide bonds. The van der Waals surface area contributed by atoms with E-state index in [1.54, 1.807) is 0 Å². The first kappa shape index (κ1) is 18.6. The van der Waals surface area contributed by atoms with E-state index in [2.05, 4.69) is 5.32 Å². The number of nitrogens with zero attached hydrogens (tertiary/aromatic N) is 1. The predicted octanol–water partition coefficient (Wildman–Crippen LogP) is 3.18. The van der Waals surface area contributed by atoms with E-state index in [0.717, 1.165) is 16.8 Å². The summed E-state index contributed by atoms with van der Waals surface area (Å²) in [7, 11) is -3.35. The topological polar surface area (TPSA) is 66.5 Å². The Labute approximate surface area is 155 Å². The van der Waals surface area contributed by atoms with Gasteiger partial charge in [0.2, 0.25) is 15.9 Å². The minimum Gasteiger partial charge on any atom is -0.326 e. The number of carbonyl (C=O) groups excluding carboxylic acids is 1. The van der Waals surface area contributed by atoms with Gasteiger partial charge in [-0.2, -0.15) is 0 Å². The van der Waals surface area contributed by atoms with Crippen molar-refractivity contribution < 1.29 is 13.2 Å². The lowest BCUT2D eigenvalue weighted by atomic mass is 9.97. The van der Waals surface area contributed by atoms with E-state index in [9.17, 15) is 13.2 Å². The molecular formula is C20H24N2O3S. The third-order valence-electron chi connectivity index (χ3n) is 4.73. The molecule has 0 bridgehead atoms. The Bertz CT molecular complexity index is 840. The summed E-state index contributed by atoms with van der Waals surface area (Å²) < 4.78 is 26.7. The first-order chi connectivity index (χ1) is 12.4. The van der Waals surface area contributed by atoms with Crippen LogP contribution in [0.25, 0.3) is 0 Å². The van der Waals surface area contributed by atoms with Crippen molar-refractivity contribution >= 4 is 21.6 Å². The van der Waals surface area contributed by atoms with Crippen LogP contribution in [0.5, 0.6) is 0 Å². The summed E-state index contributed by atoms with van der Waals surface area (Å²) >= 11 is 0. The Morgan fingerprint density at radius 2 is 1.65 bits per heavy atom. The highest BCUT2D eigenvalue weighted by Crippen LogP contribution is 2.23. The minimum absolute atomic E-state index is 0.00801. The van der Waals surface area contributed by atoms with Gasteiger partial charge in [0.1, 0.15) is 0 Å². The third-order valence-corrected chi connectivity index (χ3v) is 6.58. The Morgan fingerprint density at radius 3 is 2.27 bits per heavy atom. The van der Waals surface area contributed by atoms with Gasteiger partial charge in [-0.1, -0.05) is 48.0 Å². The summed E-state index contributed by atoms with van der Waals surface area (Å²) in [5.41, 5.74) is 2.70. The number of hydrogen-bond donors (Lipinski definition) is 1. The molecule has 0 aromatic heterocycles. The van der Waals surface area contributed by atoms with Crippen molar-refractivity contribution in [3.63, 3.8) is 0 Å². The van der Waals surface area contributed by atoms with E-state index < -0.39 is 10.0 Å². The molecule has 1 aliphatic heterocycles. The molecule has 0 radical (unpaired) electrons. The minimum atomic E-state index is -3.35. The smallest absolute Gasteiger partial charge is 0.227 e. The molecule has 1 heterocycles. The zero-order valence-corrected chi connectivity index (χ0v) is 15.7. The summed E-state index contributed by atoms with van der Waals surface area (Å²) in [4.78, 5) is 12.4. The highest BCUT2D eigenvalue weighted by Gasteiger charge is 2.31. The van der Waals surface area contributed by atoms with Gasteiger partial charge in [-0.05, 0) is 37.5 Å². The molecule has 2 aromatic carbocycles. The second-order valence-corrected chi connectivity index (χ2v) is 8.74. The molecule has 0 spiro atoms. The van der Waals surface area contributed by atoms with Crippen molar-refractivity contribution in [3.8, 4) is 0 Å². The number of rotatable bonds is 5. The largest absolute Gasteiger partial charge is 0.326 e. The standard InChI is InChI=1S/C20H24N2O3S/c1-16-7-9-19(10-8-16)21-20(23)18-11-13-22(14-12-18)26(24,25)15-17-5-3-2-4-6-17/h2-10,18H,11-15H2,1H3,(H,21,23). The maximum Gasteiger partial charge on any atom is 0.227 e. The van der Waals surface area contributed by atoms with Crippen molar-refractivity contribution in [1.29, 1.82) is 0 Å². The number of carbonyl (C=O) groups is 1. The second-order valence-electron chi connectivity index (χ2n) is 6.77. The summed E-state index contributed by atoms with van der Waals surface area (Å²) in [6, 6.07) is 16.9. The molecule has 5 nitrogen and oxygen atoms in total. The Hall–Kier alpha value is -2.18. The second kappa shape index (κ2) is 8.01. The number of sulfonamides is 1. The number of anilines is 1. The van der Waals surface area contributed by atoms with Crippen LogP contribution in [0.2, 0.25) is 0 Å². The van der Waals surface area contributed by atoms with Crippen molar-refractivity contribution in [2.75, 3.05) is 18.4 Å². The highest BCUT2D eigenvalue weighted by molar-refractivity contribution is 7.88. The number of hydrogen-bond acceptors (Lipinski definition) is 3. The fourth-order valence-corrected chi connectivity index (χ4v) is 4.72. The molecule has 2 aromatic rings. The molecule has 0 atom stereocenters. The van der Waals surface area contributed by atoms with Crippen LogP contribution in [0.4, 0.5) is 5.69 Å². The van der Waals surface area contributed by atoms with Crippen molar-refractivity contribution in [2.24, 2.45) is 5.92 Å². The maximum absolute atomic E-state index is 12.6. The maximum atomic E-state index is 12.6. The van der Waals surface area contributed by atoms with Crippen LogP contribution in [0, 0.1) is 12.8 Å². The van der Waals surface area contributed by atoms with Gasteiger partial charge in [0.05, 0.1) is 5.75 Å². The average molecular weight is 372 g/mol. The molecule has 138 valence electrons. The summed E-state index contributed by atoms with van der Waals surface area (Å²) in [6.07, 6.45) is 1.09. The lowest BCUT2D eigenvalue weighted by Gasteiger charge is -2.30. The quantitative estimate of drug-likeness (QED) is 0.877. The van der Waals surface area contributed by atoms with E-state index in [4.69, 9.17) is 0 Å². The van der Waals surface area contributed by atoms with Gasteiger partial charge >= 0.3 is 0 Å². The van der Waals surface area contributed by atoms with Crippen molar-refractivity contribution in [3.05, 3.63) is 65.7 Å². The molecule has 0 saturated carbocycles. The van der Waals surface area contributed by atoms with Gasteiger partial charge in [0, 0.05) is 24.7 Å². The summed E-state index contributed by atoms with van der Waals surface area (Å²) in [5.74, 6) is -0.179. The zero-order valence-electron chi connectivity index (χ0n) is 14.9. The van der Waals surface area contributed by atoms with Gasteiger partial charge in [-0.3, -0.25) is 4.79 Å². The molecule has 26 heavy (non-hydrogen) atoms. The van der Waals surface area contributed by atoms with Gasteiger partial charge in [0.25, 0.3) is 0 Å². The van der Waals surface area contributed by atoms with E-state index in [0.29, 0.717) is 25.9 Å². The van der Waals surface area contributed by atoms with Crippen LogP contribution >= 0.6 is 0 Å². The summed E-state index contributed by atoms with van der Waals surface area (Å²) in [5, 5.41) is 2.93. The van der Waals surface area contributed by atoms with E-state index in [-0.39, 0.29) is 17.6 Å². The van der Waals surface area contributed by atoms with Gasteiger partial charge in [-0.25, -0.2) is 12.7 Å². The van der Waals surface area contributed by atoms with E-state index >= 15 is 0 Å². The average Bonchev–Trinajstić information content (AvgIpc) is 2.64. The first-order valence-corrected chi connectivity index (χ1v) is 10.4. The molecule has 1 aliphatic rings. The van der Waals surface area contributed by atoms with Crippen LogP contribution in [-0.2, 0) is 20.6 Å². The summed E-state index contributed by atoms with van der Waals surface area (Å²) in [6.45, 7) is 2.78.